The first-order valence-electron chi connectivity index (χ1n) is 7.16. The van der Waals surface area contributed by atoms with Crippen molar-refractivity contribution >= 4 is 22.9 Å². The van der Waals surface area contributed by atoms with E-state index in [2.05, 4.69) is 15.3 Å². The van der Waals surface area contributed by atoms with Crippen molar-refractivity contribution in [2.24, 2.45) is 0 Å². The maximum absolute atomic E-state index is 12.2. The second kappa shape index (κ2) is 7.02. The summed E-state index contributed by atoms with van der Waals surface area (Å²) >= 11 is 1.44. The molecule has 1 aromatic carbocycles. The van der Waals surface area contributed by atoms with Crippen LogP contribution >= 0.6 is 11.3 Å². The Morgan fingerprint density at radius 2 is 1.91 bits per heavy atom. The quantitative estimate of drug-likeness (QED) is 0.774. The number of thiazole rings is 1. The van der Waals surface area contributed by atoms with Gasteiger partial charge in [0, 0.05) is 29.0 Å². The molecule has 23 heavy (non-hydrogen) atoms. The summed E-state index contributed by atoms with van der Waals surface area (Å²) in [5.41, 5.74) is 2.05. The minimum absolute atomic E-state index is 0.232. The lowest BCUT2D eigenvalue weighted by Gasteiger charge is -2.03. The number of benzene rings is 1. The third-order valence-corrected chi connectivity index (χ3v) is 3.98. The summed E-state index contributed by atoms with van der Waals surface area (Å²) in [7, 11) is 0. The molecule has 0 saturated heterocycles. The van der Waals surface area contributed by atoms with E-state index in [-0.39, 0.29) is 5.91 Å². The average molecular weight is 325 g/mol. The number of nitrogens with zero attached hydrogens (tertiary/aromatic N) is 2. The van der Waals surface area contributed by atoms with E-state index >= 15 is 0 Å². The normalized spacial score (nSPS) is 10.3. The third-order valence-electron chi connectivity index (χ3n) is 3.09. The van der Waals surface area contributed by atoms with Crippen LogP contribution in [0.25, 0.3) is 10.6 Å². The van der Waals surface area contributed by atoms with E-state index in [0.717, 1.165) is 16.3 Å². The first-order chi connectivity index (χ1) is 11.3. The Hall–Kier alpha value is -2.73. The Balaban J connectivity index is 1.73. The topological polar surface area (TPSA) is 64.1 Å². The number of hydrogen-bond donors (Lipinski definition) is 1. The molecule has 0 atom stereocenters. The molecule has 116 valence electrons. The molecule has 0 spiro atoms. The van der Waals surface area contributed by atoms with Gasteiger partial charge in [0.05, 0.1) is 6.61 Å². The predicted molar refractivity (Wildman–Crippen MR) is 90.9 cm³/mol. The highest BCUT2D eigenvalue weighted by Gasteiger charge is 2.12. The number of ether oxygens (including phenoxy) is 1. The number of carbonyl (C=O) groups is 1. The van der Waals surface area contributed by atoms with Crippen LogP contribution in [-0.4, -0.2) is 22.5 Å². The van der Waals surface area contributed by atoms with Crippen molar-refractivity contribution in [2.75, 3.05) is 11.9 Å². The Morgan fingerprint density at radius 3 is 2.61 bits per heavy atom. The van der Waals surface area contributed by atoms with Crippen molar-refractivity contribution < 1.29 is 9.53 Å². The van der Waals surface area contributed by atoms with E-state index < -0.39 is 0 Å². The van der Waals surface area contributed by atoms with Gasteiger partial charge >= 0.3 is 0 Å². The van der Waals surface area contributed by atoms with Crippen molar-refractivity contribution in [3.63, 3.8) is 0 Å². The molecule has 0 unspecified atom stereocenters. The summed E-state index contributed by atoms with van der Waals surface area (Å²) in [4.78, 5) is 20.5. The SMILES string of the molecule is CCOc1ccc(-c2nc(C(=O)Nc3ccncc3)cs2)cc1. The van der Waals surface area contributed by atoms with Crippen LogP contribution < -0.4 is 10.1 Å². The van der Waals surface area contributed by atoms with E-state index in [4.69, 9.17) is 4.74 Å². The molecule has 0 aliphatic heterocycles. The number of pyridine rings is 1. The molecule has 0 radical (unpaired) electrons. The van der Waals surface area contributed by atoms with Gasteiger partial charge in [-0.15, -0.1) is 11.3 Å². The number of nitrogens with one attached hydrogen (secondary N) is 1. The molecule has 3 aromatic rings. The molecule has 0 aliphatic carbocycles. The summed E-state index contributed by atoms with van der Waals surface area (Å²) in [5.74, 6) is 0.591. The third kappa shape index (κ3) is 3.73. The zero-order valence-corrected chi connectivity index (χ0v) is 13.3. The lowest BCUT2D eigenvalue weighted by Crippen LogP contribution is -2.12. The summed E-state index contributed by atoms with van der Waals surface area (Å²) in [6.45, 7) is 2.58. The van der Waals surface area contributed by atoms with Gasteiger partial charge in [-0.25, -0.2) is 4.98 Å². The highest BCUT2D eigenvalue weighted by atomic mass is 32.1. The number of carbonyl (C=O) groups excluding carboxylic acids is 1. The molecule has 6 heteroatoms. The van der Waals surface area contributed by atoms with Crippen LogP contribution in [0.15, 0.2) is 54.2 Å². The van der Waals surface area contributed by atoms with Crippen LogP contribution in [-0.2, 0) is 0 Å². The maximum Gasteiger partial charge on any atom is 0.275 e. The van der Waals surface area contributed by atoms with Crippen molar-refractivity contribution in [1.82, 2.24) is 9.97 Å². The van der Waals surface area contributed by atoms with E-state index in [1.165, 1.54) is 11.3 Å². The number of amides is 1. The van der Waals surface area contributed by atoms with Crippen LogP contribution in [0, 0.1) is 0 Å². The fourth-order valence-corrected chi connectivity index (χ4v) is 2.81. The summed E-state index contributed by atoms with van der Waals surface area (Å²) in [6.07, 6.45) is 3.25. The van der Waals surface area contributed by atoms with Gasteiger partial charge < -0.3 is 10.1 Å². The van der Waals surface area contributed by atoms with E-state index in [9.17, 15) is 4.79 Å². The van der Waals surface area contributed by atoms with Gasteiger partial charge in [0.25, 0.3) is 5.91 Å². The Labute approximate surface area is 138 Å². The van der Waals surface area contributed by atoms with Crippen molar-refractivity contribution in [3.05, 3.63) is 59.9 Å². The van der Waals surface area contributed by atoms with E-state index in [1.54, 1.807) is 29.9 Å². The lowest BCUT2D eigenvalue weighted by atomic mass is 10.2. The molecule has 2 heterocycles. The van der Waals surface area contributed by atoms with Crippen LogP contribution in [0.3, 0.4) is 0 Å². The fourth-order valence-electron chi connectivity index (χ4n) is 2.00. The minimum Gasteiger partial charge on any atom is -0.494 e. The van der Waals surface area contributed by atoms with E-state index in [1.807, 2.05) is 31.2 Å². The highest BCUT2D eigenvalue weighted by molar-refractivity contribution is 7.13. The number of anilines is 1. The van der Waals surface area contributed by atoms with Gasteiger partial charge in [0.15, 0.2) is 0 Å². The average Bonchev–Trinajstić information content (AvgIpc) is 3.07. The molecule has 5 nitrogen and oxygen atoms in total. The van der Waals surface area contributed by atoms with Gasteiger partial charge in [0.2, 0.25) is 0 Å². The van der Waals surface area contributed by atoms with Gasteiger partial charge in [-0.05, 0) is 43.3 Å². The predicted octanol–water partition coefficient (Wildman–Crippen LogP) is 3.86. The van der Waals surface area contributed by atoms with Gasteiger partial charge in [-0.1, -0.05) is 0 Å². The fraction of sp³-hybridized carbons (Fsp3) is 0.118. The molecular formula is C17H15N3O2S. The Kier molecular flexibility index (Phi) is 4.63. The first kappa shape index (κ1) is 15.2. The maximum atomic E-state index is 12.2. The van der Waals surface area contributed by atoms with Gasteiger partial charge in [-0.3, -0.25) is 9.78 Å². The minimum atomic E-state index is -0.232. The molecule has 3 rings (SSSR count). The van der Waals surface area contributed by atoms with Crippen molar-refractivity contribution in [2.45, 2.75) is 6.92 Å². The summed E-state index contributed by atoms with van der Waals surface area (Å²) in [5, 5.41) is 5.35. The van der Waals surface area contributed by atoms with Crippen molar-refractivity contribution in [1.29, 1.82) is 0 Å². The molecular weight excluding hydrogens is 310 g/mol. The van der Waals surface area contributed by atoms with Crippen LogP contribution in [0.1, 0.15) is 17.4 Å². The van der Waals surface area contributed by atoms with Crippen molar-refractivity contribution in [3.8, 4) is 16.3 Å². The largest absolute Gasteiger partial charge is 0.494 e. The van der Waals surface area contributed by atoms with Crippen LogP contribution in [0.2, 0.25) is 0 Å². The summed E-state index contributed by atoms with van der Waals surface area (Å²) in [6, 6.07) is 11.1. The van der Waals surface area contributed by atoms with Crippen LogP contribution in [0.5, 0.6) is 5.75 Å². The molecule has 0 aliphatic rings. The molecule has 0 saturated carbocycles. The van der Waals surface area contributed by atoms with E-state index in [0.29, 0.717) is 18.0 Å². The second-order valence-corrected chi connectivity index (χ2v) is 5.54. The monoisotopic (exact) mass is 325 g/mol. The molecule has 1 amide bonds. The van der Waals surface area contributed by atoms with Gasteiger partial charge in [-0.2, -0.15) is 0 Å². The Morgan fingerprint density at radius 1 is 1.17 bits per heavy atom. The zero-order valence-electron chi connectivity index (χ0n) is 12.5. The zero-order chi connectivity index (χ0) is 16.1. The van der Waals surface area contributed by atoms with Gasteiger partial charge in [0.1, 0.15) is 16.5 Å². The molecule has 0 fully saturated rings. The summed E-state index contributed by atoms with van der Waals surface area (Å²) < 4.78 is 5.42. The number of aromatic nitrogens is 2. The first-order valence-corrected chi connectivity index (χ1v) is 8.04. The Bertz CT molecular complexity index is 785. The lowest BCUT2D eigenvalue weighted by molar-refractivity contribution is 0.102. The van der Waals surface area contributed by atoms with Crippen LogP contribution in [0.4, 0.5) is 5.69 Å². The second-order valence-electron chi connectivity index (χ2n) is 4.69. The number of hydrogen-bond acceptors (Lipinski definition) is 5. The highest BCUT2D eigenvalue weighted by Crippen LogP contribution is 2.26. The molecule has 0 bridgehead atoms. The number of rotatable bonds is 5. The molecule has 2 aromatic heterocycles. The standard InChI is InChI=1S/C17H15N3O2S/c1-2-22-14-5-3-12(4-6-14)17-20-15(11-23-17)16(21)19-13-7-9-18-10-8-13/h3-11H,2H2,1H3,(H,18,19,21). The smallest absolute Gasteiger partial charge is 0.275 e. The molecule has 1 N–H and O–H groups in total.